The topological polar surface area (TPSA) is 67.4 Å². The van der Waals surface area contributed by atoms with E-state index in [0.29, 0.717) is 13.1 Å². The summed E-state index contributed by atoms with van der Waals surface area (Å²) in [6.07, 6.45) is -0.590. The zero-order valence-corrected chi connectivity index (χ0v) is 9.31. The van der Waals surface area contributed by atoms with Crippen molar-refractivity contribution < 1.29 is 14.3 Å². The molecule has 1 aromatic rings. The maximum atomic E-state index is 11.4. The highest BCUT2D eigenvalue weighted by Gasteiger charge is 2.24. The summed E-state index contributed by atoms with van der Waals surface area (Å²) < 4.78 is 5.07. The number of rotatable bonds is 3. The Kier molecular flexibility index (Phi) is 3.59. The smallest absolute Gasteiger partial charge is 0.407 e. The largest absolute Gasteiger partial charge is 0.444 e. The number of carbonyl (C=O) groups excluding carboxylic acids is 2. The van der Waals surface area contributed by atoms with Crippen molar-refractivity contribution in [2.45, 2.75) is 19.1 Å². The lowest BCUT2D eigenvalue weighted by atomic mass is 10.2. The maximum absolute atomic E-state index is 11.4. The van der Waals surface area contributed by atoms with E-state index in [1.165, 1.54) is 0 Å². The van der Waals surface area contributed by atoms with Crippen LogP contribution in [0.5, 0.6) is 0 Å². The molecule has 0 bridgehead atoms. The van der Waals surface area contributed by atoms with Crippen LogP contribution in [-0.2, 0) is 16.1 Å². The Labute approximate surface area is 99.2 Å². The highest BCUT2D eigenvalue weighted by Crippen LogP contribution is 2.05. The maximum Gasteiger partial charge on any atom is 0.407 e. The fraction of sp³-hybridized carbons (Fsp3) is 0.333. The van der Waals surface area contributed by atoms with Crippen molar-refractivity contribution in [2.75, 3.05) is 6.54 Å². The Morgan fingerprint density at radius 2 is 2.18 bits per heavy atom. The molecule has 0 aliphatic carbocycles. The van der Waals surface area contributed by atoms with Crippen molar-refractivity contribution in [1.82, 2.24) is 10.6 Å². The predicted molar refractivity (Wildman–Crippen MR) is 61.2 cm³/mol. The van der Waals surface area contributed by atoms with Gasteiger partial charge in [0.25, 0.3) is 0 Å². The molecule has 0 unspecified atom stereocenters. The molecule has 0 aromatic heterocycles. The molecule has 1 aliphatic rings. The van der Waals surface area contributed by atoms with Gasteiger partial charge in [0.1, 0.15) is 6.10 Å². The van der Waals surface area contributed by atoms with Gasteiger partial charge in [0.05, 0.1) is 13.0 Å². The minimum Gasteiger partial charge on any atom is -0.444 e. The molecule has 1 aliphatic heterocycles. The summed E-state index contributed by atoms with van der Waals surface area (Å²) in [6, 6.07) is 9.56. The number of nitrogens with one attached hydrogen (secondary N) is 2. The van der Waals surface area contributed by atoms with Crippen molar-refractivity contribution in [3.63, 3.8) is 0 Å². The van der Waals surface area contributed by atoms with Gasteiger partial charge in [-0.05, 0) is 5.56 Å². The first-order valence-electron chi connectivity index (χ1n) is 5.49. The number of amides is 2. The third-order valence-electron chi connectivity index (χ3n) is 2.49. The zero-order chi connectivity index (χ0) is 12.1. The van der Waals surface area contributed by atoms with E-state index < -0.39 is 6.09 Å². The molecule has 5 heteroatoms. The highest BCUT2D eigenvalue weighted by molar-refractivity contribution is 5.79. The predicted octanol–water partition coefficient (Wildman–Crippen LogP) is 0.801. The van der Waals surface area contributed by atoms with Crippen molar-refractivity contribution >= 4 is 12.0 Å². The van der Waals surface area contributed by atoms with Crippen LogP contribution in [0, 0.1) is 0 Å². The van der Waals surface area contributed by atoms with E-state index >= 15 is 0 Å². The van der Waals surface area contributed by atoms with E-state index in [1.807, 2.05) is 30.3 Å². The van der Waals surface area contributed by atoms with Crippen molar-refractivity contribution in [3.05, 3.63) is 35.9 Å². The van der Waals surface area contributed by atoms with Gasteiger partial charge in [-0.15, -0.1) is 0 Å². The van der Waals surface area contributed by atoms with Crippen LogP contribution in [0.25, 0.3) is 0 Å². The molecule has 2 amide bonds. The van der Waals surface area contributed by atoms with E-state index in [2.05, 4.69) is 10.6 Å². The number of alkyl carbamates (subject to hydrolysis) is 1. The number of hydrogen-bond donors (Lipinski definition) is 2. The molecule has 1 heterocycles. The number of ether oxygens (including phenoxy) is 1. The Morgan fingerprint density at radius 3 is 2.82 bits per heavy atom. The lowest BCUT2D eigenvalue weighted by Gasteiger charge is -2.10. The van der Waals surface area contributed by atoms with Gasteiger partial charge in [0.2, 0.25) is 5.91 Å². The summed E-state index contributed by atoms with van der Waals surface area (Å²) in [4.78, 5) is 22.3. The van der Waals surface area contributed by atoms with Gasteiger partial charge in [0.15, 0.2) is 0 Å². The summed E-state index contributed by atoms with van der Waals surface area (Å²) in [5.41, 5.74) is 1.00. The molecule has 90 valence electrons. The summed E-state index contributed by atoms with van der Waals surface area (Å²) in [6.45, 7) is 0.825. The van der Waals surface area contributed by atoms with Gasteiger partial charge in [-0.1, -0.05) is 30.3 Å². The van der Waals surface area contributed by atoms with Crippen LogP contribution in [0.1, 0.15) is 12.0 Å². The lowest BCUT2D eigenvalue weighted by Crippen LogP contribution is -2.29. The van der Waals surface area contributed by atoms with Gasteiger partial charge >= 0.3 is 6.09 Å². The van der Waals surface area contributed by atoms with Crippen LogP contribution in [0.15, 0.2) is 30.3 Å². The Balaban J connectivity index is 1.73. The normalized spacial score (nSPS) is 18.6. The van der Waals surface area contributed by atoms with Crippen LogP contribution in [-0.4, -0.2) is 24.6 Å². The fourth-order valence-corrected chi connectivity index (χ4v) is 1.63. The van der Waals surface area contributed by atoms with E-state index in [-0.39, 0.29) is 18.4 Å². The SMILES string of the molecule is O=C1C[C@H](OC(=O)NCc2ccccc2)CN1. The van der Waals surface area contributed by atoms with Crippen LogP contribution in [0.3, 0.4) is 0 Å². The van der Waals surface area contributed by atoms with Crippen molar-refractivity contribution in [1.29, 1.82) is 0 Å². The minimum atomic E-state index is -0.490. The first kappa shape index (κ1) is 11.4. The molecule has 2 rings (SSSR count). The lowest BCUT2D eigenvalue weighted by molar-refractivity contribution is -0.119. The number of benzene rings is 1. The van der Waals surface area contributed by atoms with Gasteiger partial charge in [-0.25, -0.2) is 4.79 Å². The van der Waals surface area contributed by atoms with E-state index in [0.717, 1.165) is 5.56 Å². The summed E-state index contributed by atoms with van der Waals surface area (Å²) in [5, 5.41) is 5.25. The molecule has 0 spiro atoms. The van der Waals surface area contributed by atoms with E-state index in [1.54, 1.807) is 0 Å². The summed E-state index contributed by atoms with van der Waals surface area (Å²) >= 11 is 0. The van der Waals surface area contributed by atoms with Crippen LogP contribution >= 0.6 is 0 Å². The Morgan fingerprint density at radius 1 is 1.41 bits per heavy atom. The van der Waals surface area contributed by atoms with Crippen molar-refractivity contribution in [2.24, 2.45) is 0 Å². The van der Waals surface area contributed by atoms with Gasteiger partial charge in [-0.3, -0.25) is 4.79 Å². The highest BCUT2D eigenvalue weighted by atomic mass is 16.6. The molecular weight excluding hydrogens is 220 g/mol. The first-order chi connectivity index (χ1) is 8.24. The standard InChI is InChI=1S/C12H14N2O3/c15-11-6-10(8-13-11)17-12(16)14-7-9-4-2-1-3-5-9/h1-5,10H,6-8H2,(H,13,15)(H,14,16)/t10-/m0/s1. The molecule has 0 saturated carbocycles. The minimum absolute atomic E-state index is 0.0779. The van der Waals surface area contributed by atoms with Crippen molar-refractivity contribution in [3.8, 4) is 0 Å². The second-order valence-corrected chi connectivity index (χ2v) is 3.87. The monoisotopic (exact) mass is 234 g/mol. The molecule has 1 atom stereocenters. The first-order valence-corrected chi connectivity index (χ1v) is 5.49. The van der Waals surface area contributed by atoms with Crippen LogP contribution in [0.2, 0.25) is 0 Å². The molecule has 17 heavy (non-hydrogen) atoms. The summed E-state index contributed by atoms with van der Waals surface area (Å²) in [7, 11) is 0. The number of carbonyl (C=O) groups is 2. The zero-order valence-electron chi connectivity index (χ0n) is 9.31. The molecule has 1 saturated heterocycles. The van der Waals surface area contributed by atoms with E-state index in [4.69, 9.17) is 4.74 Å². The molecule has 2 N–H and O–H groups in total. The van der Waals surface area contributed by atoms with Crippen LogP contribution < -0.4 is 10.6 Å². The fourth-order valence-electron chi connectivity index (χ4n) is 1.63. The Bertz CT molecular complexity index is 405. The third-order valence-corrected chi connectivity index (χ3v) is 2.49. The van der Waals surface area contributed by atoms with E-state index in [9.17, 15) is 9.59 Å². The average molecular weight is 234 g/mol. The second-order valence-electron chi connectivity index (χ2n) is 3.87. The van der Waals surface area contributed by atoms with Gasteiger partial charge < -0.3 is 15.4 Å². The summed E-state index contributed by atoms with van der Waals surface area (Å²) in [5.74, 6) is -0.0779. The molecule has 1 fully saturated rings. The molecule has 5 nitrogen and oxygen atoms in total. The molecular formula is C12H14N2O3. The molecule has 0 radical (unpaired) electrons. The molecule has 1 aromatic carbocycles. The Hall–Kier alpha value is -2.04. The van der Waals surface area contributed by atoms with Gasteiger partial charge in [0, 0.05) is 6.54 Å². The van der Waals surface area contributed by atoms with Crippen LogP contribution in [0.4, 0.5) is 4.79 Å². The third kappa shape index (κ3) is 3.48. The average Bonchev–Trinajstić information content (AvgIpc) is 2.73. The second kappa shape index (κ2) is 5.34. The van der Waals surface area contributed by atoms with Gasteiger partial charge in [-0.2, -0.15) is 0 Å². The quantitative estimate of drug-likeness (QED) is 0.813. The number of hydrogen-bond acceptors (Lipinski definition) is 3.